The van der Waals surface area contributed by atoms with E-state index in [0.29, 0.717) is 5.56 Å². The molecule has 1 aromatic rings. The number of nitro groups is 1. The minimum Gasteiger partial charge on any atom is -0.481 e. The van der Waals surface area contributed by atoms with Gasteiger partial charge >= 0.3 is 5.97 Å². The van der Waals surface area contributed by atoms with E-state index in [9.17, 15) is 14.9 Å². The van der Waals surface area contributed by atoms with Crippen molar-refractivity contribution in [3.8, 4) is 11.8 Å². The van der Waals surface area contributed by atoms with Crippen molar-refractivity contribution in [1.82, 2.24) is 0 Å². The van der Waals surface area contributed by atoms with Crippen LogP contribution in [-0.2, 0) is 4.79 Å². The van der Waals surface area contributed by atoms with Crippen molar-refractivity contribution in [1.29, 1.82) is 0 Å². The highest BCUT2D eigenvalue weighted by atomic mass is 16.6. The van der Waals surface area contributed by atoms with Gasteiger partial charge in [0, 0.05) is 17.7 Å². The van der Waals surface area contributed by atoms with E-state index >= 15 is 0 Å². The summed E-state index contributed by atoms with van der Waals surface area (Å²) in [7, 11) is 0. The predicted molar refractivity (Wildman–Crippen MR) is 52.2 cm³/mol. The lowest BCUT2D eigenvalue weighted by Crippen LogP contribution is -1.90. The van der Waals surface area contributed by atoms with E-state index < -0.39 is 10.9 Å². The monoisotopic (exact) mass is 205 g/mol. The van der Waals surface area contributed by atoms with Gasteiger partial charge in [-0.05, 0) is 6.07 Å². The van der Waals surface area contributed by atoms with Gasteiger partial charge in [0.05, 0.1) is 4.92 Å². The molecule has 15 heavy (non-hydrogen) atoms. The number of carboxylic acids is 1. The standard InChI is InChI=1S/C10H7NO4/c12-10(13)6-2-4-8-3-1-5-9(7-8)11(14)15/h1,3,5,7H,6H2,(H,12,13). The van der Waals surface area contributed by atoms with Crippen molar-refractivity contribution in [3.05, 3.63) is 39.9 Å². The summed E-state index contributed by atoms with van der Waals surface area (Å²) < 4.78 is 0. The molecule has 1 rings (SSSR count). The van der Waals surface area contributed by atoms with Crippen LogP contribution in [-0.4, -0.2) is 16.0 Å². The zero-order valence-corrected chi connectivity index (χ0v) is 7.64. The molecule has 0 unspecified atom stereocenters. The highest BCUT2D eigenvalue weighted by molar-refractivity contribution is 5.70. The van der Waals surface area contributed by atoms with Crippen LogP contribution < -0.4 is 0 Å². The first-order chi connectivity index (χ1) is 7.09. The van der Waals surface area contributed by atoms with Crippen molar-refractivity contribution in [3.63, 3.8) is 0 Å². The van der Waals surface area contributed by atoms with Crippen LogP contribution >= 0.6 is 0 Å². The highest BCUT2D eigenvalue weighted by Gasteiger charge is 2.03. The number of hydrogen-bond donors (Lipinski definition) is 1. The third-order valence-corrected chi connectivity index (χ3v) is 1.53. The number of nitro benzene ring substituents is 1. The van der Waals surface area contributed by atoms with E-state index in [4.69, 9.17) is 5.11 Å². The Bertz CT molecular complexity index is 456. The van der Waals surface area contributed by atoms with Crippen LogP contribution in [0.2, 0.25) is 0 Å². The van der Waals surface area contributed by atoms with Gasteiger partial charge in [-0.1, -0.05) is 17.9 Å². The van der Waals surface area contributed by atoms with Crippen molar-refractivity contribution < 1.29 is 14.8 Å². The zero-order chi connectivity index (χ0) is 11.3. The number of aliphatic carboxylic acids is 1. The Labute approximate surface area is 85.5 Å². The minimum absolute atomic E-state index is 0.0582. The molecule has 0 amide bonds. The van der Waals surface area contributed by atoms with E-state index in [2.05, 4.69) is 11.8 Å². The number of non-ortho nitro benzene ring substituents is 1. The molecule has 76 valence electrons. The Morgan fingerprint density at radius 2 is 2.27 bits per heavy atom. The van der Waals surface area contributed by atoms with Crippen molar-refractivity contribution in [2.75, 3.05) is 0 Å². The van der Waals surface area contributed by atoms with E-state index in [1.807, 2.05) is 0 Å². The summed E-state index contributed by atoms with van der Waals surface area (Å²) >= 11 is 0. The van der Waals surface area contributed by atoms with Gasteiger partial charge in [-0.2, -0.15) is 0 Å². The van der Waals surface area contributed by atoms with Crippen molar-refractivity contribution in [2.45, 2.75) is 6.42 Å². The number of carboxylic acid groups (broad SMARTS) is 1. The van der Waals surface area contributed by atoms with Crippen LogP contribution in [0.25, 0.3) is 0 Å². The number of hydrogen-bond acceptors (Lipinski definition) is 3. The van der Waals surface area contributed by atoms with Crippen LogP contribution in [0.5, 0.6) is 0 Å². The van der Waals surface area contributed by atoms with Gasteiger partial charge in [0.25, 0.3) is 5.69 Å². The SMILES string of the molecule is O=C(O)CC#Cc1cccc([N+](=O)[O-])c1. The summed E-state index contributed by atoms with van der Waals surface area (Å²) in [6.07, 6.45) is -0.275. The largest absolute Gasteiger partial charge is 0.481 e. The molecule has 0 aliphatic rings. The fraction of sp³-hybridized carbons (Fsp3) is 0.100. The van der Waals surface area contributed by atoms with E-state index in [1.54, 1.807) is 6.07 Å². The summed E-state index contributed by atoms with van der Waals surface area (Å²) in [5.41, 5.74) is 0.377. The second-order valence-corrected chi connectivity index (χ2v) is 2.68. The molecule has 0 aliphatic heterocycles. The first-order valence-electron chi connectivity index (χ1n) is 4.04. The van der Waals surface area contributed by atoms with Gasteiger partial charge in [0.2, 0.25) is 0 Å². The molecule has 0 aliphatic carbocycles. The molecule has 1 aromatic carbocycles. The average Bonchev–Trinajstić information content (AvgIpc) is 2.17. The second kappa shape index (κ2) is 4.77. The van der Waals surface area contributed by atoms with E-state index in [-0.39, 0.29) is 12.1 Å². The Balaban J connectivity index is 2.85. The molecule has 0 fully saturated rings. The lowest BCUT2D eigenvalue weighted by Gasteiger charge is -1.91. The lowest BCUT2D eigenvalue weighted by molar-refractivity contribution is -0.384. The third-order valence-electron chi connectivity index (χ3n) is 1.53. The van der Waals surface area contributed by atoms with Gasteiger partial charge in [-0.15, -0.1) is 0 Å². The fourth-order valence-corrected chi connectivity index (χ4v) is 0.919. The number of carbonyl (C=O) groups is 1. The maximum atomic E-state index is 10.4. The van der Waals surface area contributed by atoms with E-state index in [1.165, 1.54) is 18.2 Å². The minimum atomic E-state index is -1.02. The Morgan fingerprint density at radius 1 is 1.53 bits per heavy atom. The van der Waals surface area contributed by atoms with Crippen molar-refractivity contribution in [2.24, 2.45) is 0 Å². The number of benzene rings is 1. The van der Waals surface area contributed by atoms with Gasteiger partial charge in [0.15, 0.2) is 0 Å². The molecular formula is C10H7NO4. The molecule has 0 saturated heterocycles. The van der Waals surface area contributed by atoms with Gasteiger partial charge in [0.1, 0.15) is 6.42 Å². The normalized spacial score (nSPS) is 8.80. The van der Waals surface area contributed by atoms with Gasteiger partial charge < -0.3 is 5.11 Å². The molecule has 5 heteroatoms. The quantitative estimate of drug-likeness (QED) is 0.449. The second-order valence-electron chi connectivity index (χ2n) is 2.68. The molecule has 1 N–H and O–H groups in total. The molecule has 0 heterocycles. The first-order valence-corrected chi connectivity index (χ1v) is 4.04. The summed E-state index contributed by atoms with van der Waals surface area (Å²) in [4.78, 5) is 20.0. The topological polar surface area (TPSA) is 80.4 Å². The zero-order valence-electron chi connectivity index (χ0n) is 7.64. The third kappa shape index (κ3) is 3.48. The Kier molecular flexibility index (Phi) is 3.41. The van der Waals surface area contributed by atoms with Gasteiger partial charge in [-0.3, -0.25) is 14.9 Å². The molecular weight excluding hydrogens is 198 g/mol. The van der Waals surface area contributed by atoms with Crippen LogP contribution in [0, 0.1) is 22.0 Å². The number of nitrogens with zero attached hydrogens (tertiary/aromatic N) is 1. The number of rotatable bonds is 2. The summed E-state index contributed by atoms with van der Waals surface area (Å²) in [5.74, 6) is 3.91. The van der Waals surface area contributed by atoms with Crippen LogP contribution in [0.4, 0.5) is 5.69 Å². The van der Waals surface area contributed by atoms with E-state index in [0.717, 1.165) is 0 Å². The summed E-state index contributed by atoms with van der Waals surface area (Å²) in [6, 6.07) is 5.74. The molecule has 5 nitrogen and oxygen atoms in total. The molecule has 0 radical (unpaired) electrons. The summed E-state index contributed by atoms with van der Waals surface area (Å²) in [6.45, 7) is 0. The maximum Gasteiger partial charge on any atom is 0.315 e. The fourth-order valence-electron chi connectivity index (χ4n) is 0.919. The molecule has 0 saturated carbocycles. The first kappa shape index (κ1) is 10.7. The van der Waals surface area contributed by atoms with Crippen LogP contribution in [0.1, 0.15) is 12.0 Å². The maximum absolute atomic E-state index is 10.4. The summed E-state index contributed by atoms with van der Waals surface area (Å²) in [5, 5.41) is 18.7. The predicted octanol–water partition coefficient (Wildman–Crippen LogP) is 1.42. The van der Waals surface area contributed by atoms with Crippen molar-refractivity contribution >= 4 is 11.7 Å². The Morgan fingerprint density at radius 3 is 2.87 bits per heavy atom. The Hall–Kier alpha value is -2.35. The molecule has 0 bridgehead atoms. The van der Waals surface area contributed by atoms with Crippen LogP contribution in [0.3, 0.4) is 0 Å². The molecule has 0 aromatic heterocycles. The molecule has 0 atom stereocenters. The smallest absolute Gasteiger partial charge is 0.315 e. The van der Waals surface area contributed by atoms with Gasteiger partial charge in [-0.25, -0.2) is 0 Å². The molecule has 0 spiro atoms. The lowest BCUT2D eigenvalue weighted by atomic mass is 10.2. The average molecular weight is 205 g/mol. The van der Waals surface area contributed by atoms with Crippen LogP contribution in [0.15, 0.2) is 24.3 Å². The highest BCUT2D eigenvalue weighted by Crippen LogP contribution is 2.11.